The highest BCUT2D eigenvalue weighted by molar-refractivity contribution is 5.03. The maximum Gasteiger partial charge on any atom is 0.0703 e. The summed E-state index contributed by atoms with van der Waals surface area (Å²) in [5.41, 5.74) is 1.15. The number of rotatable bonds is 11. The maximum absolute atomic E-state index is 5.77. The maximum atomic E-state index is 5.77. The molecule has 122 valence electrons. The number of hydrogen-bond acceptors (Lipinski definition) is 3. The first-order valence-corrected chi connectivity index (χ1v) is 8.55. The number of ether oxygens (including phenoxy) is 1. The first-order chi connectivity index (χ1) is 10.2. The molecular weight excluding hydrogens is 262 g/mol. The van der Waals surface area contributed by atoms with Crippen LogP contribution in [0.15, 0.2) is 12.3 Å². The molecular formula is C17H33N3O. The Balaban J connectivity index is 2.69. The van der Waals surface area contributed by atoms with E-state index >= 15 is 0 Å². The molecule has 0 spiro atoms. The van der Waals surface area contributed by atoms with Gasteiger partial charge in [0.25, 0.3) is 0 Å². The molecule has 4 nitrogen and oxygen atoms in total. The third-order valence-electron chi connectivity index (χ3n) is 4.06. The predicted octanol–water partition coefficient (Wildman–Crippen LogP) is 3.58. The van der Waals surface area contributed by atoms with Crippen molar-refractivity contribution in [1.82, 2.24) is 15.1 Å². The highest BCUT2D eigenvalue weighted by Gasteiger charge is 2.19. The van der Waals surface area contributed by atoms with E-state index in [0.717, 1.165) is 44.5 Å². The van der Waals surface area contributed by atoms with Gasteiger partial charge < -0.3 is 10.1 Å². The molecule has 0 aliphatic rings. The molecule has 1 aromatic heterocycles. The fourth-order valence-corrected chi connectivity index (χ4v) is 2.69. The van der Waals surface area contributed by atoms with E-state index in [-0.39, 0.29) is 6.10 Å². The Bertz CT molecular complexity index is 374. The molecule has 1 aromatic rings. The molecule has 1 rings (SSSR count). The largest absolute Gasteiger partial charge is 0.377 e. The SMILES string of the molecule is CCCNC(Cc1ccn(C(CC)CC)n1)C(C)OCC. The van der Waals surface area contributed by atoms with Crippen LogP contribution in [0.1, 0.15) is 65.6 Å². The molecule has 1 N–H and O–H groups in total. The average molecular weight is 295 g/mol. The van der Waals surface area contributed by atoms with Crippen molar-refractivity contribution < 1.29 is 4.74 Å². The summed E-state index contributed by atoms with van der Waals surface area (Å²) in [4.78, 5) is 0. The van der Waals surface area contributed by atoms with Gasteiger partial charge in [0.05, 0.1) is 17.8 Å². The summed E-state index contributed by atoms with van der Waals surface area (Å²) in [5, 5.41) is 8.36. The number of hydrogen-bond donors (Lipinski definition) is 1. The van der Waals surface area contributed by atoms with Gasteiger partial charge in [-0.25, -0.2) is 0 Å². The van der Waals surface area contributed by atoms with Gasteiger partial charge in [-0.3, -0.25) is 4.68 Å². The zero-order chi connectivity index (χ0) is 15.7. The smallest absolute Gasteiger partial charge is 0.0703 e. The van der Waals surface area contributed by atoms with Crippen molar-refractivity contribution in [3.05, 3.63) is 18.0 Å². The highest BCUT2D eigenvalue weighted by Crippen LogP contribution is 2.15. The van der Waals surface area contributed by atoms with Gasteiger partial charge in [-0.15, -0.1) is 0 Å². The van der Waals surface area contributed by atoms with Crippen molar-refractivity contribution in [1.29, 1.82) is 0 Å². The molecule has 21 heavy (non-hydrogen) atoms. The summed E-state index contributed by atoms with van der Waals surface area (Å²) in [6.07, 6.45) is 6.65. The predicted molar refractivity (Wildman–Crippen MR) is 88.7 cm³/mol. The molecule has 0 radical (unpaired) electrons. The van der Waals surface area contributed by atoms with Crippen LogP contribution < -0.4 is 5.32 Å². The van der Waals surface area contributed by atoms with Gasteiger partial charge in [0.15, 0.2) is 0 Å². The highest BCUT2D eigenvalue weighted by atomic mass is 16.5. The van der Waals surface area contributed by atoms with Crippen LogP contribution in [0.2, 0.25) is 0 Å². The van der Waals surface area contributed by atoms with Crippen LogP contribution in [0.3, 0.4) is 0 Å². The first kappa shape index (κ1) is 18.2. The zero-order valence-electron chi connectivity index (χ0n) is 14.4. The lowest BCUT2D eigenvalue weighted by molar-refractivity contribution is 0.0473. The van der Waals surface area contributed by atoms with Crippen molar-refractivity contribution in [3.8, 4) is 0 Å². The second-order valence-electron chi connectivity index (χ2n) is 5.68. The van der Waals surface area contributed by atoms with Gasteiger partial charge >= 0.3 is 0 Å². The second-order valence-corrected chi connectivity index (χ2v) is 5.68. The molecule has 0 saturated heterocycles. The van der Waals surface area contributed by atoms with Crippen LogP contribution in [0.4, 0.5) is 0 Å². The normalized spacial score (nSPS) is 14.6. The minimum atomic E-state index is 0.208. The van der Waals surface area contributed by atoms with Crippen LogP contribution in [0, 0.1) is 0 Å². The topological polar surface area (TPSA) is 39.1 Å². The molecule has 1 heterocycles. The van der Waals surface area contributed by atoms with Gasteiger partial charge in [0.2, 0.25) is 0 Å². The van der Waals surface area contributed by atoms with E-state index in [1.165, 1.54) is 0 Å². The van der Waals surface area contributed by atoms with Crippen LogP contribution in [0.25, 0.3) is 0 Å². The lowest BCUT2D eigenvalue weighted by Gasteiger charge is -2.24. The van der Waals surface area contributed by atoms with Crippen LogP contribution in [0.5, 0.6) is 0 Å². The van der Waals surface area contributed by atoms with Crippen molar-refractivity contribution >= 4 is 0 Å². The van der Waals surface area contributed by atoms with Crippen molar-refractivity contribution in [2.45, 2.75) is 78.5 Å². The van der Waals surface area contributed by atoms with E-state index in [0.29, 0.717) is 12.1 Å². The molecule has 0 aliphatic heterocycles. The summed E-state index contributed by atoms with van der Waals surface area (Å²) >= 11 is 0. The van der Waals surface area contributed by atoms with Crippen molar-refractivity contribution in [3.63, 3.8) is 0 Å². The average Bonchev–Trinajstić information content (AvgIpc) is 2.93. The van der Waals surface area contributed by atoms with Crippen molar-refractivity contribution in [2.24, 2.45) is 0 Å². The van der Waals surface area contributed by atoms with E-state index in [2.05, 4.69) is 56.9 Å². The van der Waals surface area contributed by atoms with E-state index in [1.54, 1.807) is 0 Å². The molecule has 0 fully saturated rings. The Hall–Kier alpha value is -0.870. The third kappa shape index (κ3) is 5.79. The minimum Gasteiger partial charge on any atom is -0.377 e. The molecule has 2 atom stereocenters. The van der Waals surface area contributed by atoms with Crippen LogP contribution in [-0.4, -0.2) is 35.1 Å². The molecule has 0 bridgehead atoms. The van der Waals surface area contributed by atoms with Gasteiger partial charge in [-0.1, -0.05) is 20.8 Å². The molecule has 0 saturated carbocycles. The van der Waals surface area contributed by atoms with E-state index in [1.807, 2.05) is 0 Å². The standard InChI is InChI=1S/C17H33N3O/c1-6-11-18-17(14(5)21-9-4)13-15-10-12-20(19-15)16(7-2)8-3/h10,12,14,16-18H,6-9,11,13H2,1-5H3. The minimum absolute atomic E-state index is 0.208. The fourth-order valence-electron chi connectivity index (χ4n) is 2.69. The number of aromatic nitrogens is 2. The number of nitrogens with one attached hydrogen (secondary N) is 1. The Morgan fingerprint density at radius 1 is 1.24 bits per heavy atom. The van der Waals surface area contributed by atoms with E-state index in [9.17, 15) is 0 Å². The second kappa shape index (κ2) is 9.96. The van der Waals surface area contributed by atoms with Gasteiger partial charge in [-0.2, -0.15) is 5.10 Å². The zero-order valence-corrected chi connectivity index (χ0v) is 14.4. The Labute approximate surface area is 130 Å². The van der Waals surface area contributed by atoms with E-state index in [4.69, 9.17) is 9.84 Å². The van der Waals surface area contributed by atoms with Crippen molar-refractivity contribution in [2.75, 3.05) is 13.2 Å². The fraction of sp³-hybridized carbons (Fsp3) is 0.824. The summed E-state index contributed by atoms with van der Waals surface area (Å²) in [6, 6.07) is 3.00. The Morgan fingerprint density at radius 2 is 1.95 bits per heavy atom. The number of nitrogens with zero attached hydrogens (tertiary/aromatic N) is 2. The van der Waals surface area contributed by atoms with Gasteiger partial charge in [0.1, 0.15) is 0 Å². The third-order valence-corrected chi connectivity index (χ3v) is 4.06. The molecule has 0 amide bonds. The van der Waals surface area contributed by atoms with E-state index < -0.39 is 0 Å². The molecule has 0 aromatic carbocycles. The Kier molecular flexibility index (Phi) is 8.62. The lowest BCUT2D eigenvalue weighted by Crippen LogP contribution is -2.42. The Morgan fingerprint density at radius 3 is 2.52 bits per heavy atom. The molecule has 2 unspecified atom stereocenters. The molecule has 0 aliphatic carbocycles. The lowest BCUT2D eigenvalue weighted by atomic mass is 10.1. The van der Waals surface area contributed by atoms with Gasteiger partial charge in [-0.05, 0) is 45.7 Å². The summed E-state index contributed by atoms with van der Waals surface area (Å²) in [6.45, 7) is 12.6. The monoisotopic (exact) mass is 295 g/mol. The summed E-state index contributed by atoms with van der Waals surface area (Å²) in [5.74, 6) is 0. The summed E-state index contributed by atoms with van der Waals surface area (Å²) < 4.78 is 7.90. The summed E-state index contributed by atoms with van der Waals surface area (Å²) in [7, 11) is 0. The first-order valence-electron chi connectivity index (χ1n) is 8.55. The van der Waals surface area contributed by atoms with Gasteiger partial charge in [0, 0.05) is 25.3 Å². The quantitative estimate of drug-likeness (QED) is 0.678. The molecule has 4 heteroatoms. The van der Waals surface area contributed by atoms with Crippen LogP contribution >= 0.6 is 0 Å². The van der Waals surface area contributed by atoms with Crippen LogP contribution in [-0.2, 0) is 11.2 Å².